The molecular formula is C15H21F2NO. The van der Waals surface area contributed by atoms with Crippen molar-refractivity contribution < 1.29 is 13.5 Å². The number of halogens is 2. The summed E-state index contributed by atoms with van der Waals surface area (Å²) in [5.74, 6) is -0.777. The van der Waals surface area contributed by atoms with E-state index in [2.05, 4.69) is 12.2 Å². The summed E-state index contributed by atoms with van der Waals surface area (Å²) < 4.78 is 32.5. The van der Waals surface area contributed by atoms with E-state index < -0.39 is 11.6 Å². The topological polar surface area (TPSA) is 21.3 Å². The molecule has 4 heteroatoms. The first-order chi connectivity index (χ1) is 9.15. The van der Waals surface area contributed by atoms with E-state index in [4.69, 9.17) is 4.74 Å². The third kappa shape index (κ3) is 3.31. The van der Waals surface area contributed by atoms with Crippen LogP contribution in [-0.2, 0) is 4.74 Å². The number of rotatable bonds is 5. The lowest BCUT2D eigenvalue weighted by molar-refractivity contribution is 0.0775. The lowest BCUT2D eigenvalue weighted by atomic mass is 9.86. The first-order valence-electron chi connectivity index (χ1n) is 6.96. The zero-order valence-corrected chi connectivity index (χ0v) is 11.5. The molecule has 1 saturated heterocycles. The molecule has 3 unspecified atom stereocenters. The molecule has 1 heterocycles. The second kappa shape index (κ2) is 6.44. The molecule has 0 radical (unpaired) electrons. The molecule has 1 aliphatic rings. The Bertz CT molecular complexity index is 404. The number of nitrogens with one attached hydrogen (secondary N) is 1. The van der Waals surface area contributed by atoms with Crippen molar-refractivity contribution >= 4 is 0 Å². The van der Waals surface area contributed by atoms with Gasteiger partial charge in [0, 0.05) is 24.6 Å². The van der Waals surface area contributed by atoms with Crippen molar-refractivity contribution in [2.45, 2.75) is 38.8 Å². The Morgan fingerprint density at radius 1 is 1.26 bits per heavy atom. The molecular weight excluding hydrogens is 248 g/mol. The monoisotopic (exact) mass is 269 g/mol. The highest BCUT2D eigenvalue weighted by atomic mass is 19.1. The largest absolute Gasteiger partial charge is 0.378 e. The normalized spacial score (nSPS) is 24.6. The molecule has 106 valence electrons. The first kappa shape index (κ1) is 14.4. The molecule has 2 nitrogen and oxygen atoms in total. The predicted molar refractivity (Wildman–Crippen MR) is 70.9 cm³/mol. The molecule has 1 N–H and O–H groups in total. The second-order valence-corrected chi connectivity index (χ2v) is 5.01. The molecule has 2 rings (SSSR count). The van der Waals surface area contributed by atoms with Crippen LogP contribution in [0.25, 0.3) is 0 Å². The Morgan fingerprint density at radius 2 is 1.95 bits per heavy atom. The summed E-state index contributed by atoms with van der Waals surface area (Å²) in [4.78, 5) is 0. The molecule has 1 fully saturated rings. The Labute approximate surface area is 113 Å². The average Bonchev–Trinajstić information content (AvgIpc) is 2.82. The predicted octanol–water partition coefficient (Wildman–Crippen LogP) is 3.43. The van der Waals surface area contributed by atoms with Gasteiger partial charge in [0.1, 0.15) is 11.6 Å². The van der Waals surface area contributed by atoms with E-state index in [1.54, 1.807) is 0 Å². The summed E-state index contributed by atoms with van der Waals surface area (Å²) in [5.41, 5.74) is 0.674. The third-order valence-corrected chi connectivity index (χ3v) is 3.76. The van der Waals surface area contributed by atoms with Gasteiger partial charge in [0.15, 0.2) is 0 Å². The number of benzene rings is 1. The average molecular weight is 269 g/mol. The van der Waals surface area contributed by atoms with Crippen molar-refractivity contribution in [2.24, 2.45) is 5.92 Å². The van der Waals surface area contributed by atoms with Gasteiger partial charge in [-0.3, -0.25) is 0 Å². The Hall–Kier alpha value is -1.00. The van der Waals surface area contributed by atoms with Gasteiger partial charge in [-0.2, -0.15) is 0 Å². The molecule has 0 amide bonds. The van der Waals surface area contributed by atoms with E-state index in [1.165, 1.54) is 12.1 Å². The van der Waals surface area contributed by atoms with E-state index >= 15 is 0 Å². The van der Waals surface area contributed by atoms with Crippen molar-refractivity contribution in [3.63, 3.8) is 0 Å². The van der Waals surface area contributed by atoms with Crippen molar-refractivity contribution in [1.82, 2.24) is 5.32 Å². The molecule has 1 aromatic carbocycles. The van der Waals surface area contributed by atoms with Gasteiger partial charge in [-0.25, -0.2) is 8.78 Å². The Morgan fingerprint density at radius 3 is 2.53 bits per heavy atom. The van der Waals surface area contributed by atoms with Gasteiger partial charge < -0.3 is 10.1 Å². The Kier molecular flexibility index (Phi) is 4.88. The highest BCUT2D eigenvalue weighted by molar-refractivity contribution is 5.23. The summed E-state index contributed by atoms with van der Waals surface area (Å²) in [6, 6.07) is 3.69. The molecule has 3 atom stereocenters. The van der Waals surface area contributed by atoms with Crippen LogP contribution in [0.4, 0.5) is 8.78 Å². The van der Waals surface area contributed by atoms with Crippen LogP contribution in [0.15, 0.2) is 18.2 Å². The fourth-order valence-corrected chi connectivity index (χ4v) is 2.96. The van der Waals surface area contributed by atoms with Gasteiger partial charge in [-0.1, -0.05) is 13.8 Å². The van der Waals surface area contributed by atoms with Gasteiger partial charge in [-0.05, 0) is 37.1 Å². The minimum Gasteiger partial charge on any atom is -0.378 e. The second-order valence-electron chi connectivity index (χ2n) is 5.01. The molecule has 0 spiro atoms. The highest BCUT2D eigenvalue weighted by Gasteiger charge is 2.34. The number of ether oxygens (including phenoxy) is 1. The van der Waals surface area contributed by atoms with Crippen LogP contribution in [0.2, 0.25) is 0 Å². The smallest absolute Gasteiger partial charge is 0.126 e. The number of hydrogen-bond donors (Lipinski definition) is 1. The van der Waals surface area contributed by atoms with Crippen LogP contribution in [0.5, 0.6) is 0 Å². The van der Waals surface area contributed by atoms with Gasteiger partial charge >= 0.3 is 0 Å². The summed E-state index contributed by atoms with van der Waals surface area (Å²) in [6.45, 7) is 5.57. The molecule has 1 aliphatic heterocycles. The summed E-state index contributed by atoms with van der Waals surface area (Å²) >= 11 is 0. The van der Waals surface area contributed by atoms with Crippen LogP contribution >= 0.6 is 0 Å². The molecule has 0 bridgehead atoms. The van der Waals surface area contributed by atoms with E-state index in [-0.39, 0.29) is 18.1 Å². The van der Waals surface area contributed by atoms with Crippen molar-refractivity contribution in [3.05, 3.63) is 35.4 Å². The maximum atomic E-state index is 13.4. The first-order valence-corrected chi connectivity index (χ1v) is 6.96. The van der Waals surface area contributed by atoms with Gasteiger partial charge in [0.25, 0.3) is 0 Å². The summed E-state index contributed by atoms with van der Waals surface area (Å²) in [7, 11) is 0. The quantitative estimate of drug-likeness (QED) is 0.884. The molecule has 19 heavy (non-hydrogen) atoms. The van der Waals surface area contributed by atoms with Crippen molar-refractivity contribution in [1.29, 1.82) is 0 Å². The molecule has 0 aromatic heterocycles. The van der Waals surface area contributed by atoms with E-state index in [9.17, 15) is 8.78 Å². The third-order valence-electron chi connectivity index (χ3n) is 3.76. The molecule has 1 aromatic rings. The minimum atomic E-state index is -0.523. The highest BCUT2D eigenvalue weighted by Crippen LogP contribution is 2.35. The van der Waals surface area contributed by atoms with Crippen molar-refractivity contribution in [3.8, 4) is 0 Å². The van der Waals surface area contributed by atoms with Gasteiger partial charge in [0.05, 0.1) is 6.10 Å². The van der Waals surface area contributed by atoms with E-state index in [0.29, 0.717) is 5.56 Å². The van der Waals surface area contributed by atoms with E-state index in [0.717, 1.165) is 32.1 Å². The zero-order chi connectivity index (χ0) is 13.8. The fraction of sp³-hybridized carbons (Fsp3) is 0.600. The lowest BCUT2D eigenvalue weighted by Gasteiger charge is -2.28. The number of hydrogen-bond acceptors (Lipinski definition) is 2. The Balaban J connectivity index is 2.28. The van der Waals surface area contributed by atoms with Crippen molar-refractivity contribution in [2.75, 3.05) is 13.2 Å². The SMILES string of the molecule is CCNC(c1cc(F)cc(F)c1)C1CCOC1CC. The zero-order valence-electron chi connectivity index (χ0n) is 11.5. The van der Waals surface area contributed by atoms with Crippen LogP contribution in [0, 0.1) is 17.6 Å². The molecule has 0 aliphatic carbocycles. The van der Waals surface area contributed by atoms with Gasteiger partial charge in [0.2, 0.25) is 0 Å². The lowest BCUT2D eigenvalue weighted by Crippen LogP contribution is -2.32. The molecule has 0 saturated carbocycles. The summed E-state index contributed by atoms with van der Waals surface area (Å²) in [6.07, 6.45) is 2.01. The standard InChI is InChI=1S/C15H21F2NO/c1-3-14-13(5-6-19-14)15(18-4-2)10-7-11(16)9-12(17)8-10/h7-9,13-15,18H,3-6H2,1-2H3. The van der Waals surface area contributed by atoms with Crippen LogP contribution in [-0.4, -0.2) is 19.3 Å². The van der Waals surface area contributed by atoms with Crippen LogP contribution < -0.4 is 5.32 Å². The minimum absolute atomic E-state index is 0.0531. The summed E-state index contributed by atoms with van der Waals surface area (Å²) in [5, 5.41) is 3.35. The van der Waals surface area contributed by atoms with Crippen LogP contribution in [0.1, 0.15) is 38.3 Å². The maximum Gasteiger partial charge on any atom is 0.126 e. The maximum absolute atomic E-state index is 13.4. The van der Waals surface area contributed by atoms with Crippen LogP contribution in [0.3, 0.4) is 0 Å². The van der Waals surface area contributed by atoms with Gasteiger partial charge in [-0.15, -0.1) is 0 Å². The van der Waals surface area contributed by atoms with E-state index in [1.807, 2.05) is 6.92 Å². The fourth-order valence-electron chi connectivity index (χ4n) is 2.96.